The Labute approximate surface area is 194 Å². The zero-order chi connectivity index (χ0) is 23.3. The van der Waals surface area contributed by atoms with Crippen molar-refractivity contribution < 1.29 is 14.4 Å². The molecule has 2 heterocycles. The number of thiophene rings is 1. The van der Waals surface area contributed by atoms with Crippen LogP contribution in [-0.2, 0) is 4.79 Å². The average molecular weight is 456 g/mol. The van der Waals surface area contributed by atoms with E-state index in [1.807, 2.05) is 54.5 Å². The smallest absolute Gasteiger partial charge is 0.263 e. The minimum Gasteiger partial charge on any atom is -0.352 e. The van der Waals surface area contributed by atoms with E-state index >= 15 is 0 Å². The van der Waals surface area contributed by atoms with Crippen LogP contribution in [-0.4, -0.2) is 47.8 Å². The standard InChI is InChI=1S/C25H33N3O3S/c1-16(2)18(4)26-24(30)22(27-23(29)20-8-5-7-17(3)15-20)19-10-12-28(13-11-19)25(31)21-9-6-14-32-21/h5-9,14-16,18-19,22H,10-13H2,1-4H3,(H,26,30)(H,27,29)/t18-,22+/m1/s1. The molecule has 1 saturated heterocycles. The summed E-state index contributed by atoms with van der Waals surface area (Å²) in [6.07, 6.45) is 1.33. The molecule has 0 aliphatic carbocycles. The molecule has 1 aliphatic rings. The molecule has 0 radical (unpaired) electrons. The van der Waals surface area contributed by atoms with Crippen molar-refractivity contribution in [2.24, 2.45) is 11.8 Å². The van der Waals surface area contributed by atoms with E-state index in [1.54, 1.807) is 6.07 Å². The number of aryl methyl sites for hydroxylation is 1. The number of likely N-dealkylation sites (tertiary alicyclic amines) is 1. The first-order valence-electron chi connectivity index (χ1n) is 11.3. The third kappa shape index (κ3) is 5.97. The summed E-state index contributed by atoms with van der Waals surface area (Å²) in [5.74, 6) is -0.108. The highest BCUT2D eigenvalue weighted by atomic mass is 32.1. The Bertz CT molecular complexity index is 934. The Morgan fingerprint density at radius 2 is 1.75 bits per heavy atom. The normalized spacial score (nSPS) is 16.5. The molecule has 2 atom stereocenters. The van der Waals surface area contributed by atoms with Crippen LogP contribution >= 0.6 is 11.3 Å². The van der Waals surface area contributed by atoms with Crippen LogP contribution in [0.3, 0.4) is 0 Å². The number of hydrogen-bond donors (Lipinski definition) is 2. The van der Waals surface area contributed by atoms with Crippen molar-refractivity contribution in [2.45, 2.75) is 52.6 Å². The van der Waals surface area contributed by atoms with Gasteiger partial charge in [-0.3, -0.25) is 14.4 Å². The zero-order valence-corrected chi connectivity index (χ0v) is 20.1. The fourth-order valence-electron chi connectivity index (χ4n) is 3.88. The first-order valence-corrected chi connectivity index (χ1v) is 12.1. The molecular formula is C25H33N3O3S. The van der Waals surface area contributed by atoms with Crippen LogP contribution in [0.4, 0.5) is 0 Å². The molecule has 172 valence electrons. The van der Waals surface area contributed by atoms with Crippen LogP contribution in [0.2, 0.25) is 0 Å². The van der Waals surface area contributed by atoms with Crippen molar-refractivity contribution in [3.05, 3.63) is 57.8 Å². The van der Waals surface area contributed by atoms with Gasteiger partial charge in [-0.1, -0.05) is 37.6 Å². The first kappa shape index (κ1) is 24.0. The average Bonchev–Trinajstić information content (AvgIpc) is 3.31. The molecule has 1 aromatic carbocycles. The lowest BCUT2D eigenvalue weighted by Gasteiger charge is -2.36. The van der Waals surface area contributed by atoms with Crippen LogP contribution in [0, 0.1) is 18.8 Å². The minimum atomic E-state index is -0.636. The summed E-state index contributed by atoms with van der Waals surface area (Å²) < 4.78 is 0. The molecule has 0 bridgehead atoms. The number of amides is 3. The molecule has 2 aromatic rings. The maximum absolute atomic E-state index is 13.2. The molecule has 3 rings (SSSR count). The third-order valence-electron chi connectivity index (χ3n) is 6.25. The topological polar surface area (TPSA) is 78.5 Å². The first-order chi connectivity index (χ1) is 15.3. The fraction of sp³-hybridized carbons (Fsp3) is 0.480. The summed E-state index contributed by atoms with van der Waals surface area (Å²) in [6.45, 7) is 9.17. The maximum atomic E-state index is 13.2. The van der Waals surface area contributed by atoms with Crippen LogP contribution in [0.1, 0.15) is 59.2 Å². The van der Waals surface area contributed by atoms with E-state index in [1.165, 1.54) is 11.3 Å². The fourth-order valence-corrected chi connectivity index (χ4v) is 4.57. The van der Waals surface area contributed by atoms with E-state index in [9.17, 15) is 14.4 Å². The lowest BCUT2D eigenvalue weighted by molar-refractivity contribution is -0.125. The maximum Gasteiger partial charge on any atom is 0.263 e. The predicted octanol–water partition coefficient (Wildman–Crippen LogP) is 3.87. The van der Waals surface area contributed by atoms with E-state index in [-0.39, 0.29) is 35.6 Å². The molecule has 3 amide bonds. The van der Waals surface area contributed by atoms with Gasteiger partial charge >= 0.3 is 0 Å². The molecule has 0 spiro atoms. The Kier molecular flexibility index (Phi) is 8.07. The molecule has 6 nitrogen and oxygen atoms in total. The largest absolute Gasteiger partial charge is 0.352 e. The SMILES string of the molecule is Cc1cccc(C(=O)N[C@H](C(=O)N[C@H](C)C(C)C)C2CCN(C(=O)c3cccs3)CC2)c1. The van der Waals surface area contributed by atoms with Gasteiger partial charge in [-0.2, -0.15) is 0 Å². The Morgan fingerprint density at radius 3 is 2.34 bits per heavy atom. The van der Waals surface area contributed by atoms with Gasteiger partial charge in [0.1, 0.15) is 6.04 Å². The van der Waals surface area contributed by atoms with Crippen molar-refractivity contribution in [1.82, 2.24) is 15.5 Å². The Hall–Kier alpha value is -2.67. The van der Waals surface area contributed by atoms with E-state index < -0.39 is 6.04 Å². The van der Waals surface area contributed by atoms with Crippen molar-refractivity contribution in [3.8, 4) is 0 Å². The van der Waals surface area contributed by atoms with Gasteiger partial charge in [0, 0.05) is 24.7 Å². The van der Waals surface area contributed by atoms with Gasteiger partial charge in [0.05, 0.1) is 4.88 Å². The number of nitrogens with zero attached hydrogens (tertiary/aromatic N) is 1. The molecule has 2 N–H and O–H groups in total. The number of carbonyl (C=O) groups is 3. The number of hydrogen-bond acceptors (Lipinski definition) is 4. The number of rotatable bonds is 7. The summed E-state index contributed by atoms with van der Waals surface area (Å²) in [7, 11) is 0. The van der Waals surface area contributed by atoms with Crippen LogP contribution < -0.4 is 10.6 Å². The van der Waals surface area contributed by atoms with Gasteiger partial charge in [-0.05, 0) is 62.1 Å². The van der Waals surface area contributed by atoms with Gasteiger partial charge in [0.15, 0.2) is 0 Å². The Morgan fingerprint density at radius 1 is 1.03 bits per heavy atom. The summed E-state index contributed by atoms with van der Waals surface area (Å²) in [6, 6.07) is 10.4. The highest BCUT2D eigenvalue weighted by Gasteiger charge is 2.35. The van der Waals surface area contributed by atoms with E-state index in [0.29, 0.717) is 31.5 Å². The third-order valence-corrected chi connectivity index (χ3v) is 7.11. The molecule has 1 aliphatic heterocycles. The summed E-state index contributed by atoms with van der Waals surface area (Å²) in [4.78, 5) is 41.4. The molecule has 0 saturated carbocycles. The van der Waals surface area contributed by atoms with Crippen LogP contribution in [0.25, 0.3) is 0 Å². The van der Waals surface area contributed by atoms with Gasteiger partial charge < -0.3 is 15.5 Å². The number of nitrogens with one attached hydrogen (secondary N) is 2. The van der Waals surface area contributed by atoms with Gasteiger partial charge in [-0.15, -0.1) is 11.3 Å². The lowest BCUT2D eigenvalue weighted by atomic mass is 9.88. The highest BCUT2D eigenvalue weighted by Crippen LogP contribution is 2.24. The van der Waals surface area contributed by atoms with Crippen molar-refractivity contribution in [1.29, 1.82) is 0 Å². The minimum absolute atomic E-state index is 0.00127. The van der Waals surface area contributed by atoms with Gasteiger partial charge in [0.25, 0.3) is 11.8 Å². The quantitative estimate of drug-likeness (QED) is 0.665. The van der Waals surface area contributed by atoms with Crippen LogP contribution in [0.15, 0.2) is 41.8 Å². The van der Waals surface area contributed by atoms with E-state index in [2.05, 4.69) is 24.5 Å². The van der Waals surface area contributed by atoms with Gasteiger partial charge in [-0.25, -0.2) is 0 Å². The van der Waals surface area contributed by atoms with Crippen molar-refractivity contribution >= 4 is 29.1 Å². The zero-order valence-electron chi connectivity index (χ0n) is 19.3. The number of benzene rings is 1. The van der Waals surface area contributed by atoms with Gasteiger partial charge in [0.2, 0.25) is 5.91 Å². The number of carbonyl (C=O) groups excluding carboxylic acids is 3. The molecular weight excluding hydrogens is 422 g/mol. The van der Waals surface area contributed by atoms with Crippen molar-refractivity contribution in [3.63, 3.8) is 0 Å². The molecule has 32 heavy (non-hydrogen) atoms. The number of piperidine rings is 1. The molecule has 7 heteroatoms. The molecule has 1 aromatic heterocycles. The summed E-state index contributed by atoms with van der Waals surface area (Å²) in [5.41, 5.74) is 1.54. The lowest BCUT2D eigenvalue weighted by Crippen LogP contribution is -2.55. The second-order valence-corrected chi connectivity index (χ2v) is 9.92. The second-order valence-electron chi connectivity index (χ2n) is 8.97. The molecule has 1 fully saturated rings. The van der Waals surface area contributed by atoms with Crippen LogP contribution in [0.5, 0.6) is 0 Å². The molecule has 0 unspecified atom stereocenters. The highest BCUT2D eigenvalue weighted by molar-refractivity contribution is 7.12. The summed E-state index contributed by atoms with van der Waals surface area (Å²) >= 11 is 1.44. The van der Waals surface area contributed by atoms with Crippen molar-refractivity contribution in [2.75, 3.05) is 13.1 Å². The predicted molar refractivity (Wildman–Crippen MR) is 128 cm³/mol. The van der Waals surface area contributed by atoms with E-state index in [0.717, 1.165) is 10.4 Å². The summed E-state index contributed by atoms with van der Waals surface area (Å²) in [5, 5.41) is 7.96. The monoisotopic (exact) mass is 455 g/mol. The Balaban J connectivity index is 1.71. The van der Waals surface area contributed by atoms with E-state index in [4.69, 9.17) is 0 Å². The second kappa shape index (κ2) is 10.8.